The Kier molecular flexibility index (Phi) is 4.78. The highest BCUT2D eigenvalue weighted by atomic mass is 79.9. The summed E-state index contributed by atoms with van der Waals surface area (Å²) in [7, 11) is -3.47. The van der Waals surface area contributed by atoms with Gasteiger partial charge in [-0.3, -0.25) is 0 Å². The summed E-state index contributed by atoms with van der Waals surface area (Å²) in [4.78, 5) is 0.257. The highest BCUT2D eigenvalue weighted by Crippen LogP contribution is 2.15. The van der Waals surface area contributed by atoms with Crippen molar-refractivity contribution in [3.05, 3.63) is 63.0 Å². The second-order valence-corrected chi connectivity index (χ2v) is 7.50. The van der Waals surface area contributed by atoms with E-state index in [4.69, 9.17) is 0 Å². The molecule has 0 atom stereocenters. The summed E-state index contributed by atoms with van der Waals surface area (Å²) in [5.74, 6) is 0. The lowest BCUT2D eigenvalue weighted by Crippen LogP contribution is -2.23. The van der Waals surface area contributed by atoms with Crippen LogP contribution in [0.2, 0.25) is 0 Å². The Hall–Kier alpha value is -0.690. The van der Waals surface area contributed by atoms with Gasteiger partial charge < -0.3 is 0 Å². The maximum atomic E-state index is 12.0. The van der Waals surface area contributed by atoms with E-state index in [-0.39, 0.29) is 11.4 Å². The molecule has 0 saturated carbocycles. The van der Waals surface area contributed by atoms with E-state index in [1.54, 1.807) is 24.3 Å². The summed E-state index contributed by atoms with van der Waals surface area (Å²) in [5.41, 5.74) is 0.906. The van der Waals surface area contributed by atoms with Crippen molar-refractivity contribution in [2.24, 2.45) is 0 Å². The molecule has 0 spiro atoms. The van der Waals surface area contributed by atoms with Crippen LogP contribution in [0.15, 0.2) is 62.4 Å². The van der Waals surface area contributed by atoms with Gasteiger partial charge in [-0.15, -0.1) is 0 Å². The van der Waals surface area contributed by atoms with Crippen LogP contribution in [0, 0.1) is 0 Å². The normalized spacial score (nSPS) is 11.5. The molecule has 1 N–H and O–H groups in total. The third-order valence-electron chi connectivity index (χ3n) is 2.50. The molecule has 0 saturated heterocycles. The summed E-state index contributed by atoms with van der Waals surface area (Å²) in [6, 6.07) is 14.0. The molecule has 0 aromatic heterocycles. The highest BCUT2D eigenvalue weighted by molar-refractivity contribution is 9.10. The lowest BCUT2D eigenvalue weighted by molar-refractivity contribution is 0.581. The van der Waals surface area contributed by atoms with Gasteiger partial charge in [-0.25, -0.2) is 13.1 Å². The molecule has 0 aliphatic heterocycles. The van der Waals surface area contributed by atoms with E-state index in [0.717, 1.165) is 14.5 Å². The Morgan fingerprint density at radius 1 is 0.842 bits per heavy atom. The van der Waals surface area contributed by atoms with Gasteiger partial charge in [0.15, 0.2) is 0 Å². The van der Waals surface area contributed by atoms with E-state index in [0.29, 0.717) is 0 Å². The van der Waals surface area contributed by atoms with Gasteiger partial charge in [0.05, 0.1) is 4.90 Å². The fourth-order valence-electron chi connectivity index (χ4n) is 1.48. The maximum Gasteiger partial charge on any atom is 0.240 e. The van der Waals surface area contributed by atoms with Crippen molar-refractivity contribution in [2.75, 3.05) is 0 Å². The van der Waals surface area contributed by atoms with Crippen LogP contribution in [-0.2, 0) is 16.6 Å². The minimum Gasteiger partial charge on any atom is -0.207 e. The van der Waals surface area contributed by atoms with Crippen LogP contribution < -0.4 is 4.72 Å². The molecule has 100 valence electrons. The van der Waals surface area contributed by atoms with E-state index in [1.165, 1.54) is 0 Å². The SMILES string of the molecule is O=S(=O)(NCc1ccc(Br)cc1)c1ccc(Br)cc1. The van der Waals surface area contributed by atoms with Gasteiger partial charge in [0.2, 0.25) is 10.0 Å². The van der Waals surface area contributed by atoms with Gasteiger partial charge in [-0.2, -0.15) is 0 Å². The van der Waals surface area contributed by atoms with Crippen molar-refractivity contribution < 1.29 is 8.42 Å². The Labute approximate surface area is 129 Å². The standard InChI is InChI=1S/C13H11Br2NO2S/c14-11-3-1-10(2-4-11)9-16-19(17,18)13-7-5-12(15)6-8-13/h1-8,16H,9H2. The number of benzene rings is 2. The Bertz CT molecular complexity index is 652. The number of nitrogens with one attached hydrogen (secondary N) is 1. The molecule has 0 radical (unpaired) electrons. The molecule has 19 heavy (non-hydrogen) atoms. The fraction of sp³-hybridized carbons (Fsp3) is 0.0769. The summed E-state index contributed by atoms with van der Waals surface area (Å²) < 4.78 is 28.5. The molecule has 2 rings (SSSR count). The quantitative estimate of drug-likeness (QED) is 0.844. The zero-order valence-electron chi connectivity index (χ0n) is 9.81. The average Bonchev–Trinajstić information content (AvgIpc) is 2.39. The Morgan fingerprint density at radius 2 is 1.32 bits per heavy atom. The van der Waals surface area contributed by atoms with Crippen molar-refractivity contribution >= 4 is 41.9 Å². The van der Waals surface area contributed by atoms with Crippen molar-refractivity contribution in [2.45, 2.75) is 11.4 Å². The molecular formula is C13H11Br2NO2S. The molecule has 2 aromatic rings. The van der Waals surface area contributed by atoms with Crippen LogP contribution in [0.25, 0.3) is 0 Å². The minimum absolute atomic E-state index is 0.257. The second kappa shape index (κ2) is 6.17. The van der Waals surface area contributed by atoms with Crippen molar-refractivity contribution in [3.63, 3.8) is 0 Å². The van der Waals surface area contributed by atoms with E-state index in [2.05, 4.69) is 36.6 Å². The van der Waals surface area contributed by atoms with Gasteiger partial charge in [0.25, 0.3) is 0 Å². The number of hydrogen-bond donors (Lipinski definition) is 1. The molecule has 0 heterocycles. The first-order valence-corrected chi connectivity index (χ1v) is 8.54. The molecule has 0 bridgehead atoms. The lowest BCUT2D eigenvalue weighted by Gasteiger charge is -2.07. The summed E-state index contributed by atoms with van der Waals surface area (Å²) in [6.07, 6.45) is 0. The minimum atomic E-state index is -3.47. The summed E-state index contributed by atoms with van der Waals surface area (Å²) >= 11 is 6.61. The van der Waals surface area contributed by atoms with Crippen molar-refractivity contribution in [1.29, 1.82) is 0 Å². The van der Waals surface area contributed by atoms with Crippen molar-refractivity contribution in [3.8, 4) is 0 Å². The maximum absolute atomic E-state index is 12.0. The van der Waals surface area contributed by atoms with Gasteiger partial charge >= 0.3 is 0 Å². The number of halogens is 2. The monoisotopic (exact) mass is 403 g/mol. The van der Waals surface area contributed by atoms with E-state index >= 15 is 0 Å². The summed E-state index contributed by atoms with van der Waals surface area (Å²) in [6.45, 7) is 0.270. The van der Waals surface area contributed by atoms with E-state index in [9.17, 15) is 8.42 Å². The Balaban J connectivity index is 2.09. The first-order chi connectivity index (χ1) is 8.97. The van der Waals surface area contributed by atoms with E-state index in [1.807, 2.05) is 24.3 Å². The first kappa shape index (κ1) is 14.7. The molecule has 0 aliphatic carbocycles. The van der Waals surface area contributed by atoms with Gasteiger partial charge in [-0.1, -0.05) is 44.0 Å². The fourth-order valence-corrected chi connectivity index (χ4v) is 3.02. The average molecular weight is 405 g/mol. The highest BCUT2D eigenvalue weighted by Gasteiger charge is 2.13. The zero-order valence-corrected chi connectivity index (χ0v) is 13.8. The first-order valence-electron chi connectivity index (χ1n) is 5.47. The molecule has 0 unspecified atom stereocenters. The largest absolute Gasteiger partial charge is 0.240 e. The van der Waals surface area contributed by atoms with Crippen molar-refractivity contribution in [1.82, 2.24) is 4.72 Å². The lowest BCUT2D eigenvalue weighted by atomic mass is 10.2. The van der Waals surface area contributed by atoms with Crippen LogP contribution in [0.5, 0.6) is 0 Å². The topological polar surface area (TPSA) is 46.2 Å². The van der Waals surface area contributed by atoms with Crippen LogP contribution in [0.1, 0.15) is 5.56 Å². The van der Waals surface area contributed by atoms with E-state index < -0.39 is 10.0 Å². The second-order valence-electron chi connectivity index (χ2n) is 3.90. The molecule has 3 nitrogen and oxygen atoms in total. The molecule has 0 fully saturated rings. The van der Waals surface area contributed by atoms with Gasteiger partial charge in [0.1, 0.15) is 0 Å². The molecule has 2 aromatic carbocycles. The predicted molar refractivity (Wildman–Crippen MR) is 82.3 cm³/mol. The Morgan fingerprint density at radius 3 is 1.84 bits per heavy atom. The summed E-state index contributed by atoms with van der Waals surface area (Å²) in [5, 5.41) is 0. The number of hydrogen-bond acceptors (Lipinski definition) is 2. The molecule has 0 amide bonds. The smallest absolute Gasteiger partial charge is 0.207 e. The predicted octanol–water partition coefficient (Wildman–Crippen LogP) is 3.69. The number of rotatable bonds is 4. The van der Waals surface area contributed by atoms with Crippen LogP contribution >= 0.6 is 31.9 Å². The molecule has 0 aliphatic rings. The molecular weight excluding hydrogens is 394 g/mol. The van der Waals surface area contributed by atoms with Crippen LogP contribution in [0.3, 0.4) is 0 Å². The molecule has 6 heteroatoms. The van der Waals surface area contributed by atoms with Crippen LogP contribution in [-0.4, -0.2) is 8.42 Å². The van der Waals surface area contributed by atoms with Gasteiger partial charge in [-0.05, 0) is 42.0 Å². The van der Waals surface area contributed by atoms with Crippen LogP contribution in [0.4, 0.5) is 0 Å². The number of sulfonamides is 1. The third kappa shape index (κ3) is 4.14. The zero-order chi connectivity index (χ0) is 13.9. The van der Waals surface area contributed by atoms with Gasteiger partial charge in [0, 0.05) is 15.5 Å². The third-order valence-corrected chi connectivity index (χ3v) is 4.98.